The van der Waals surface area contributed by atoms with Crippen LogP contribution in [0, 0.1) is 25.6 Å². The van der Waals surface area contributed by atoms with E-state index < -0.39 is 6.04 Å². The molecule has 31 heavy (non-hydrogen) atoms. The Labute approximate surface area is 184 Å². The summed E-state index contributed by atoms with van der Waals surface area (Å²) in [7, 11) is 0. The highest BCUT2D eigenvalue weighted by atomic mass is 19.1. The molecule has 0 unspecified atom stereocenters. The molecule has 1 N–H and O–H groups in total. The van der Waals surface area contributed by atoms with Crippen molar-refractivity contribution in [1.82, 2.24) is 10.2 Å². The van der Waals surface area contributed by atoms with Crippen LogP contribution in [0.15, 0.2) is 42.5 Å². The number of carbonyl (C=O) groups is 2. The molecule has 2 rings (SSSR count). The zero-order valence-electron chi connectivity index (χ0n) is 19.1. The number of rotatable bonds is 10. The van der Waals surface area contributed by atoms with Crippen LogP contribution in [0.4, 0.5) is 4.39 Å². The second kappa shape index (κ2) is 11.5. The smallest absolute Gasteiger partial charge is 0.261 e. The Morgan fingerprint density at radius 3 is 2.23 bits per heavy atom. The molecule has 0 aliphatic heterocycles. The maximum atomic E-state index is 13.3. The maximum absolute atomic E-state index is 13.3. The largest absolute Gasteiger partial charge is 0.484 e. The fourth-order valence-corrected chi connectivity index (χ4v) is 3.37. The topological polar surface area (TPSA) is 58.6 Å². The maximum Gasteiger partial charge on any atom is 0.261 e. The molecule has 2 aromatic carbocycles. The van der Waals surface area contributed by atoms with Gasteiger partial charge in [0.25, 0.3) is 5.91 Å². The summed E-state index contributed by atoms with van der Waals surface area (Å²) in [4.78, 5) is 27.5. The molecule has 0 spiro atoms. The van der Waals surface area contributed by atoms with Crippen molar-refractivity contribution < 1.29 is 18.7 Å². The quantitative estimate of drug-likeness (QED) is 0.610. The van der Waals surface area contributed by atoms with Gasteiger partial charge in [0, 0.05) is 13.1 Å². The zero-order valence-corrected chi connectivity index (χ0v) is 19.1. The molecule has 0 bridgehead atoms. The Morgan fingerprint density at radius 1 is 1.06 bits per heavy atom. The van der Waals surface area contributed by atoms with E-state index in [4.69, 9.17) is 4.74 Å². The van der Waals surface area contributed by atoms with Gasteiger partial charge >= 0.3 is 0 Å². The van der Waals surface area contributed by atoms with Gasteiger partial charge < -0.3 is 15.0 Å². The lowest BCUT2D eigenvalue weighted by Crippen LogP contribution is -2.50. The fraction of sp³-hybridized carbons (Fsp3) is 0.440. The Balaban J connectivity index is 2.20. The van der Waals surface area contributed by atoms with Gasteiger partial charge in [0.15, 0.2) is 6.61 Å². The number of carbonyl (C=O) groups excluding carboxylic acids is 2. The van der Waals surface area contributed by atoms with Crippen LogP contribution in [0.3, 0.4) is 0 Å². The summed E-state index contributed by atoms with van der Waals surface area (Å²) in [6.07, 6.45) is 0.459. The molecule has 0 aromatic heterocycles. The van der Waals surface area contributed by atoms with Gasteiger partial charge in [-0.1, -0.05) is 39.0 Å². The molecule has 0 fully saturated rings. The van der Waals surface area contributed by atoms with E-state index in [9.17, 15) is 14.0 Å². The van der Waals surface area contributed by atoms with Crippen LogP contribution in [0.5, 0.6) is 5.75 Å². The van der Waals surface area contributed by atoms with E-state index in [0.717, 1.165) is 16.7 Å². The van der Waals surface area contributed by atoms with E-state index in [1.54, 1.807) is 12.1 Å². The first-order chi connectivity index (χ1) is 14.7. The predicted octanol–water partition coefficient (Wildman–Crippen LogP) is 4.40. The van der Waals surface area contributed by atoms with Crippen LogP contribution in [-0.4, -0.2) is 35.9 Å². The SMILES string of the molecule is CC[C@@H](C(=O)NCC(C)C)N(Cc1ccc(F)cc1)C(=O)COc1cc(C)cc(C)c1. The van der Waals surface area contributed by atoms with Crippen LogP contribution < -0.4 is 10.1 Å². The van der Waals surface area contributed by atoms with Gasteiger partial charge in [-0.25, -0.2) is 4.39 Å². The average Bonchev–Trinajstić information content (AvgIpc) is 2.71. The summed E-state index contributed by atoms with van der Waals surface area (Å²) < 4.78 is 19.1. The normalized spacial score (nSPS) is 11.8. The van der Waals surface area contributed by atoms with Crippen molar-refractivity contribution in [1.29, 1.82) is 0 Å². The summed E-state index contributed by atoms with van der Waals surface area (Å²) in [5, 5.41) is 2.92. The Bertz CT molecular complexity index is 861. The van der Waals surface area contributed by atoms with Crippen molar-refractivity contribution in [3.63, 3.8) is 0 Å². The van der Waals surface area contributed by atoms with Gasteiger partial charge in [0.05, 0.1) is 0 Å². The average molecular weight is 429 g/mol. The van der Waals surface area contributed by atoms with Crippen molar-refractivity contribution in [2.75, 3.05) is 13.2 Å². The number of hydrogen-bond donors (Lipinski definition) is 1. The lowest BCUT2D eigenvalue weighted by atomic mass is 10.1. The molecule has 5 nitrogen and oxygen atoms in total. The molecule has 2 aromatic rings. The van der Waals surface area contributed by atoms with Crippen LogP contribution in [0.25, 0.3) is 0 Å². The molecule has 0 aliphatic rings. The van der Waals surface area contributed by atoms with Crippen LogP contribution in [0.1, 0.15) is 43.9 Å². The first kappa shape index (κ1) is 24.4. The van der Waals surface area contributed by atoms with E-state index in [2.05, 4.69) is 5.32 Å². The van der Waals surface area contributed by atoms with Gasteiger partial charge in [-0.15, -0.1) is 0 Å². The fourth-order valence-electron chi connectivity index (χ4n) is 3.37. The molecular formula is C25H33FN2O3. The molecule has 0 radical (unpaired) electrons. The van der Waals surface area contributed by atoms with Crippen molar-refractivity contribution in [3.8, 4) is 5.75 Å². The van der Waals surface area contributed by atoms with E-state index in [0.29, 0.717) is 24.6 Å². The number of nitrogens with zero attached hydrogens (tertiary/aromatic N) is 1. The van der Waals surface area contributed by atoms with Gasteiger partial charge in [-0.05, 0) is 67.1 Å². The number of amides is 2. The van der Waals surface area contributed by atoms with Crippen LogP contribution >= 0.6 is 0 Å². The lowest BCUT2D eigenvalue weighted by molar-refractivity contribution is -0.143. The summed E-state index contributed by atoms with van der Waals surface area (Å²) in [6, 6.07) is 11.1. The molecule has 0 aliphatic carbocycles. The summed E-state index contributed by atoms with van der Waals surface area (Å²) in [5.74, 6) is 0.0788. The molecule has 0 saturated heterocycles. The zero-order chi connectivity index (χ0) is 23.0. The standard InChI is InChI=1S/C25H33FN2O3/c1-6-23(25(30)27-14-17(2)3)28(15-20-7-9-21(26)10-8-20)24(29)16-31-22-12-18(4)11-19(5)13-22/h7-13,17,23H,6,14-16H2,1-5H3,(H,27,30)/t23-/m0/s1. The minimum atomic E-state index is -0.640. The second-order valence-electron chi connectivity index (χ2n) is 8.32. The van der Waals surface area contributed by atoms with E-state index >= 15 is 0 Å². The number of benzene rings is 2. The van der Waals surface area contributed by atoms with E-state index in [-0.39, 0.29) is 30.8 Å². The van der Waals surface area contributed by atoms with Crippen molar-refractivity contribution >= 4 is 11.8 Å². The predicted molar refractivity (Wildman–Crippen MR) is 120 cm³/mol. The highest BCUT2D eigenvalue weighted by Gasteiger charge is 2.29. The number of nitrogens with one attached hydrogen (secondary N) is 1. The third-order valence-corrected chi connectivity index (χ3v) is 4.89. The molecule has 0 saturated carbocycles. The highest BCUT2D eigenvalue weighted by molar-refractivity contribution is 5.88. The lowest BCUT2D eigenvalue weighted by Gasteiger charge is -2.30. The molecule has 168 valence electrons. The van der Waals surface area contributed by atoms with Gasteiger partial charge in [-0.3, -0.25) is 9.59 Å². The molecule has 6 heteroatoms. The van der Waals surface area contributed by atoms with Gasteiger partial charge in [-0.2, -0.15) is 0 Å². The second-order valence-corrected chi connectivity index (χ2v) is 8.32. The number of hydrogen-bond acceptors (Lipinski definition) is 3. The first-order valence-corrected chi connectivity index (χ1v) is 10.7. The number of aryl methyl sites for hydroxylation is 2. The highest BCUT2D eigenvalue weighted by Crippen LogP contribution is 2.18. The van der Waals surface area contributed by atoms with Crippen molar-refractivity contribution in [2.45, 2.75) is 53.6 Å². The Morgan fingerprint density at radius 2 is 1.68 bits per heavy atom. The van der Waals surface area contributed by atoms with Crippen molar-refractivity contribution in [3.05, 3.63) is 65.0 Å². The summed E-state index contributed by atoms with van der Waals surface area (Å²) in [6.45, 7) is 10.4. The summed E-state index contributed by atoms with van der Waals surface area (Å²) in [5.41, 5.74) is 2.84. The summed E-state index contributed by atoms with van der Waals surface area (Å²) >= 11 is 0. The molecule has 1 atom stereocenters. The van der Waals surface area contributed by atoms with Crippen LogP contribution in [-0.2, 0) is 16.1 Å². The minimum Gasteiger partial charge on any atom is -0.484 e. The third-order valence-electron chi connectivity index (χ3n) is 4.89. The van der Waals surface area contributed by atoms with Gasteiger partial charge in [0.2, 0.25) is 5.91 Å². The Kier molecular flexibility index (Phi) is 9.03. The van der Waals surface area contributed by atoms with E-state index in [1.807, 2.05) is 52.8 Å². The number of halogens is 1. The van der Waals surface area contributed by atoms with Gasteiger partial charge in [0.1, 0.15) is 17.6 Å². The van der Waals surface area contributed by atoms with Crippen LogP contribution in [0.2, 0.25) is 0 Å². The minimum absolute atomic E-state index is 0.182. The van der Waals surface area contributed by atoms with E-state index in [1.165, 1.54) is 17.0 Å². The first-order valence-electron chi connectivity index (χ1n) is 10.7. The van der Waals surface area contributed by atoms with Crippen molar-refractivity contribution in [2.24, 2.45) is 5.92 Å². The third kappa shape index (κ3) is 7.70. The molecule has 0 heterocycles. The Hall–Kier alpha value is -2.89. The number of ether oxygens (including phenoxy) is 1. The molecule has 2 amide bonds. The molecular weight excluding hydrogens is 395 g/mol. The monoisotopic (exact) mass is 428 g/mol.